The Balaban J connectivity index is 2.41. The third-order valence-electron chi connectivity index (χ3n) is 2.06. The van der Waals surface area contributed by atoms with Crippen LogP contribution in [-0.4, -0.2) is 7.11 Å². The molecule has 3 heteroatoms. The van der Waals surface area contributed by atoms with Crippen molar-refractivity contribution in [1.82, 2.24) is 0 Å². The molecule has 0 spiro atoms. The number of methoxy groups -OCH3 is 1. The Labute approximate surface area is 98.0 Å². The van der Waals surface area contributed by atoms with Crippen molar-refractivity contribution >= 4 is 23.6 Å². The van der Waals surface area contributed by atoms with E-state index in [4.69, 9.17) is 17.0 Å². The topological polar surface area (TPSA) is 9.23 Å². The summed E-state index contributed by atoms with van der Waals surface area (Å²) in [5, 5.41) is 0. The van der Waals surface area contributed by atoms with Gasteiger partial charge in [-0.1, -0.05) is 18.3 Å². The predicted molar refractivity (Wildman–Crippen MR) is 67.1 cm³/mol. The molecule has 15 heavy (non-hydrogen) atoms. The zero-order valence-corrected chi connectivity index (χ0v) is 9.90. The quantitative estimate of drug-likeness (QED) is 0.722. The van der Waals surface area contributed by atoms with Crippen LogP contribution in [0.3, 0.4) is 0 Å². The van der Waals surface area contributed by atoms with E-state index in [9.17, 15) is 0 Å². The van der Waals surface area contributed by atoms with Gasteiger partial charge in [0.1, 0.15) is 5.75 Å². The molecule has 0 radical (unpaired) electrons. The van der Waals surface area contributed by atoms with Gasteiger partial charge in [0.2, 0.25) is 0 Å². The van der Waals surface area contributed by atoms with Crippen LogP contribution in [0.1, 0.15) is 0 Å². The molecular formula is C12H10OS2. The minimum atomic E-state index is 0.873. The minimum Gasteiger partial charge on any atom is -0.497 e. The molecule has 0 aliphatic carbocycles. The van der Waals surface area contributed by atoms with Crippen molar-refractivity contribution in [2.75, 3.05) is 7.11 Å². The smallest absolute Gasteiger partial charge is 0.118 e. The van der Waals surface area contributed by atoms with Crippen molar-refractivity contribution in [3.05, 3.63) is 46.3 Å². The van der Waals surface area contributed by atoms with Crippen LogP contribution in [0.4, 0.5) is 0 Å². The van der Waals surface area contributed by atoms with Gasteiger partial charge >= 0.3 is 0 Å². The Morgan fingerprint density at radius 1 is 1.07 bits per heavy atom. The summed E-state index contributed by atoms with van der Waals surface area (Å²) in [4.78, 5) is 1.19. The van der Waals surface area contributed by atoms with Gasteiger partial charge in [0.15, 0.2) is 0 Å². The van der Waals surface area contributed by atoms with Gasteiger partial charge in [-0.3, -0.25) is 0 Å². The largest absolute Gasteiger partial charge is 0.497 e. The van der Waals surface area contributed by atoms with Crippen molar-refractivity contribution in [1.29, 1.82) is 0 Å². The second kappa shape index (κ2) is 4.55. The first kappa shape index (κ1) is 10.3. The number of hydrogen-bond donors (Lipinski definition) is 0. The zero-order chi connectivity index (χ0) is 10.7. The van der Waals surface area contributed by atoms with E-state index < -0.39 is 0 Å². The molecule has 76 valence electrons. The van der Waals surface area contributed by atoms with Crippen LogP contribution in [0.15, 0.2) is 42.5 Å². The van der Waals surface area contributed by atoms with E-state index >= 15 is 0 Å². The maximum Gasteiger partial charge on any atom is 0.118 e. The molecular weight excluding hydrogens is 224 g/mol. The molecule has 0 saturated carbocycles. The third kappa shape index (κ3) is 2.43. The number of rotatable bonds is 2. The molecule has 0 bridgehead atoms. The minimum absolute atomic E-state index is 0.873. The molecule has 0 aliphatic rings. The van der Waals surface area contributed by atoms with Gasteiger partial charge in [-0.25, -0.2) is 0 Å². The van der Waals surface area contributed by atoms with Gasteiger partial charge in [-0.05, 0) is 42.0 Å². The van der Waals surface area contributed by atoms with E-state index in [1.807, 2.05) is 36.4 Å². The van der Waals surface area contributed by atoms with E-state index in [1.54, 1.807) is 18.4 Å². The van der Waals surface area contributed by atoms with Crippen molar-refractivity contribution in [3.63, 3.8) is 0 Å². The molecule has 0 atom stereocenters. The second-order valence-corrected chi connectivity index (χ2v) is 4.82. The molecule has 1 aromatic heterocycles. The van der Waals surface area contributed by atoms with Crippen molar-refractivity contribution in [2.45, 2.75) is 0 Å². The Morgan fingerprint density at radius 3 is 2.40 bits per heavy atom. The summed E-state index contributed by atoms with van der Waals surface area (Å²) >= 11 is 6.76. The lowest BCUT2D eigenvalue weighted by atomic mass is 10.2. The molecule has 0 unspecified atom stereocenters. The molecule has 1 aromatic carbocycles. The Bertz CT molecular complexity index is 500. The van der Waals surface area contributed by atoms with Crippen LogP contribution < -0.4 is 4.74 Å². The number of benzene rings is 1. The van der Waals surface area contributed by atoms with Crippen LogP contribution >= 0.6 is 23.6 Å². The summed E-state index contributed by atoms with van der Waals surface area (Å²) in [5.41, 5.74) is 1.17. The van der Waals surface area contributed by atoms with Crippen molar-refractivity contribution in [2.24, 2.45) is 0 Å². The predicted octanol–water partition coefficient (Wildman–Crippen LogP) is 4.15. The summed E-state index contributed by atoms with van der Waals surface area (Å²) in [6, 6.07) is 14.0. The van der Waals surface area contributed by atoms with E-state index in [0.717, 1.165) is 9.57 Å². The maximum atomic E-state index is 5.14. The van der Waals surface area contributed by atoms with Crippen molar-refractivity contribution in [3.8, 4) is 16.2 Å². The first-order chi connectivity index (χ1) is 7.29. The molecule has 2 rings (SSSR count). The first-order valence-electron chi connectivity index (χ1n) is 4.54. The average Bonchev–Trinajstić information content (AvgIpc) is 2.29. The summed E-state index contributed by atoms with van der Waals surface area (Å²) in [7, 11) is 1.67. The van der Waals surface area contributed by atoms with Gasteiger partial charge in [0.25, 0.3) is 0 Å². The van der Waals surface area contributed by atoms with Gasteiger partial charge in [0, 0.05) is 4.88 Å². The van der Waals surface area contributed by atoms with Crippen LogP contribution in [-0.2, 0) is 0 Å². The Kier molecular flexibility index (Phi) is 3.14. The standard InChI is InChI=1S/C12H10OS2/c1-13-10-7-5-9(6-8-10)11-3-2-4-12(14)15-11/h2-8H,1H3. The van der Waals surface area contributed by atoms with E-state index in [1.165, 1.54) is 10.4 Å². The average molecular weight is 234 g/mol. The van der Waals surface area contributed by atoms with Crippen LogP contribution in [0.25, 0.3) is 10.4 Å². The van der Waals surface area contributed by atoms with E-state index in [2.05, 4.69) is 6.07 Å². The third-order valence-corrected chi connectivity index (χ3v) is 3.38. The highest BCUT2D eigenvalue weighted by atomic mass is 32.1. The normalized spacial score (nSPS) is 9.93. The lowest BCUT2D eigenvalue weighted by Gasteiger charge is -2.02. The van der Waals surface area contributed by atoms with E-state index in [-0.39, 0.29) is 0 Å². The highest BCUT2D eigenvalue weighted by Crippen LogP contribution is 2.25. The molecule has 2 aromatic rings. The molecule has 1 heterocycles. The summed E-state index contributed by atoms with van der Waals surface area (Å²) in [6.45, 7) is 0. The Morgan fingerprint density at radius 2 is 1.80 bits per heavy atom. The van der Waals surface area contributed by atoms with Crippen LogP contribution in [0, 0.1) is 3.82 Å². The molecule has 1 nitrogen and oxygen atoms in total. The zero-order valence-electron chi connectivity index (χ0n) is 8.27. The molecule has 0 N–H and O–H groups in total. The lowest BCUT2D eigenvalue weighted by Crippen LogP contribution is -1.81. The lowest BCUT2D eigenvalue weighted by molar-refractivity contribution is 0.415. The summed E-state index contributed by atoms with van der Waals surface area (Å²) < 4.78 is 6.02. The fraction of sp³-hybridized carbons (Fsp3) is 0.0833. The van der Waals surface area contributed by atoms with Crippen LogP contribution in [0.5, 0.6) is 5.75 Å². The maximum absolute atomic E-state index is 5.14. The van der Waals surface area contributed by atoms with Crippen molar-refractivity contribution < 1.29 is 4.74 Å². The molecule has 0 amide bonds. The first-order valence-corrected chi connectivity index (χ1v) is 5.76. The fourth-order valence-corrected chi connectivity index (χ4v) is 2.41. The second-order valence-electron chi connectivity index (χ2n) is 3.04. The number of hydrogen-bond acceptors (Lipinski definition) is 3. The van der Waals surface area contributed by atoms with Gasteiger partial charge in [-0.2, -0.15) is 0 Å². The van der Waals surface area contributed by atoms with Gasteiger partial charge in [-0.15, -0.1) is 11.3 Å². The highest BCUT2D eigenvalue weighted by molar-refractivity contribution is 7.73. The summed E-state index contributed by atoms with van der Waals surface area (Å²) in [5.74, 6) is 0.873. The monoisotopic (exact) mass is 234 g/mol. The van der Waals surface area contributed by atoms with Gasteiger partial charge in [0.05, 0.1) is 10.9 Å². The molecule has 0 fully saturated rings. The highest BCUT2D eigenvalue weighted by Gasteiger charge is 1.98. The fourth-order valence-electron chi connectivity index (χ4n) is 1.30. The van der Waals surface area contributed by atoms with Gasteiger partial charge < -0.3 is 4.74 Å². The Hall–Kier alpha value is -1.19. The number of ether oxygens (including phenoxy) is 1. The molecule has 0 saturated heterocycles. The SMILES string of the molecule is COc1ccc(-c2cccc(=S)s2)cc1. The van der Waals surface area contributed by atoms with Crippen LogP contribution in [0.2, 0.25) is 0 Å². The van der Waals surface area contributed by atoms with E-state index in [0.29, 0.717) is 0 Å². The summed E-state index contributed by atoms with van der Waals surface area (Å²) in [6.07, 6.45) is 0. The molecule has 0 aliphatic heterocycles.